The van der Waals surface area contributed by atoms with E-state index in [4.69, 9.17) is 37.9 Å². The van der Waals surface area contributed by atoms with Crippen LogP contribution in [0.15, 0.2) is 16.7 Å². The van der Waals surface area contributed by atoms with Crippen molar-refractivity contribution >= 4 is 50.5 Å². The zero-order valence-electron chi connectivity index (χ0n) is 20.9. The largest absolute Gasteiger partial charge is 0.477 e. The first-order chi connectivity index (χ1) is 17.4. The predicted molar refractivity (Wildman–Crippen MR) is 143 cm³/mol. The standard InChI is InChI=1S/C12H14ClN3O3.C11H14BrClN2O3/c1-8(2)4-3-5-19-12-9(13)6-11(16(17)18)10(7-14)15-12;1-7(2)4-3-5-18-11-8(13)6-9(15(16)17)10(12)14-11/h6,8H,3-5H2,1-2H3;6-7H,3-5H2,1-2H3. The lowest BCUT2D eigenvalue weighted by atomic mass is 10.1. The molecule has 0 atom stereocenters. The van der Waals surface area contributed by atoms with Crippen LogP contribution in [0, 0.1) is 43.4 Å². The molecule has 0 spiro atoms. The Morgan fingerprint density at radius 3 is 1.76 bits per heavy atom. The molecule has 14 heteroatoms. The Balaban J connectivity index is 0.000000371. The van der Waals surface area contributed by atoms with E-state index in [-0.39, 0.29) is 37.8 Å². The quantitative estimate of drug-likeness (QED) is 0.101. The first kappa shape index (κ1) is 32.3. The third-order valence-corrected chi connectivity index (χ3v) is 5.76. The number of nitro groups is 2. The van der Waals surface area contributed by atoms with Crippen molar-refractivity contribution in [3.63, 3.8) is 0 Å². The molecule has 0 aliphatic heterocycles. The van der Waals surface area contributed by atoms with Crippen molar-refractivity contribution < 1.29 is 19.3 Å². The van der Waals surface area contributed by atoms with Gasteiger partial charge in [0.15, 0.2) is 4.60 Å². The van der Waals surface area contributed by atoms with Gasteiger partial charge in [0.25, 0.3) is 0 Å². The van der Waals surface area contributed by atoms with Crippen LogP contribution in [0.2, 0.25) is 10.0 Å². The van der Waals surface area contributed by atoms with Gasteiger partial charge < -0.3 is 9.47 Å². The Kier molecular flexibility index (Phi) is 14.1. The molecule has 37 heavy (non-hydrogen) atoms. The summed E-state index contributed by atoms with van der Waals surface area (Å²) in [7, 11) is 0. The van der Waals surface area contributed by atoms with E-state index in [1.807, 2.05) is 0 Å². The number of hydrogen-bond donors (Lipinski definition) is 0. The van der Waals surface area contributed by atoms with Crippen molar-refractivity contribution in [2.24, 2.45) is 11.8 Å². The topological polar surface area (TPSA) is 154 Å². The Hall–Kier alpha value is -2.75. The molecule has 0 aliphatic carbocycles. The summed E-state index contributed by atoms with van der Waals surface area (Å²) in [6.07, 6.45) is 3.76. The first-order valence-electron chi connectivity index (χ1n) is 11.4. The average molecular weight is 621 g/mol. The zero-order valence-corrected chi connectivity index (χ0v) is 24.0. The van der Waals surface area contributed by atoms with Crippen molar-refractivity contribution in [3.05, 3.63) is 52.7 Å². The monoisotopic (exact) mass is 619 g/mol. The molecule has 2 rings (SSSR count). The van der Waals surface area contributed by atoms with Gasteiger partial charge >= 0.3 is 11.4 Å². The Morgan fingerprint density at radius 2 is 1.35 bits per heavy atom. The first-order valence-corrected chi connectivity index (χ1v) is 12.9. The molecule has 0 amide bonds. The fraction of sp³-hybridized carbons (Fsp3) is 0.522. The third-order valence-electron chi connectivity index (χ3n) is 4.63. The van der Waals surface area contributed by atoms with Gasteiger partial charge in [0, 0.05) is 12.1 Å². The Labute approximate surface area is 233 Å². The van der Waals surface area contributed by atoms with Crippen molar-refractivity contribution in [2.45, 2.75) is 53.4 Å². The summed E-state index contributed by atoms with van der Waals surface area (Å²) < 4.78 is 10.9. The highest BCUT2D eigenvalue weighted by Gasteiger charge is 2.20. The molecule has 2 aromatic rings. The molecule has 2 heterocycles. The van der Waals surface area contributed by atoms with Crippen molar-refractivity contribution in [1.29, 1.82) is 5.26 Å². The highest BCUT2D eigenvalue weighted by molar-refractivity contribution is 9.10. The van der Waals surface area contributed by atoms with Gasteiger partial charge in [-0.15, -0.1) is 0 Å². The van der Waals surface area contributed by atoms with E-state index in [1.54, 1.807) is 6.07 Å². The van der Waals surface area contributed by atoms with Crippen LogP contribution in [0.5, 0.6) is 11.8 Å². The van der Waals surface area contributed by atoms with E-state index < -0.39 is 15.5 Å². The summed E-state index contributed by atoms with van der Waals surface area (Å²) in [4.78, 5) is 27.8. The fourth-order valence-electron chi connectivity index (χ4n) is 2.78. The summed E-state index contributed by atoms with van der Waals surface area (Å²) in [6, 6.07) is 3.98. The van der Waals surface area contributed by atoms with Gasteiger partial charge in [-0.25, -0.2) is 0 Å². The van der Waals surface area contributed by atoms with Crippen LogP contribution in [-0.2, 0) is 0 Å². The summed E-state index contributed by atoms with van der Waals surface area (Å²) in [5.41, 5.74) is -0.884. The number of halogens is 3. The van der Waals surface area contributed by atoms with E-state index in [0.717, 1.165) is 31.7 Å². The molecule has 0 radical (unpaired) electrons. The molecule has 0 unspecified atom stereocenters. The van der Waals surface area contributed by atoms with Crippen LogP contribution in [-0.4, -0.2) is 33.0 Å². The number of rotatable bonds is 12. The second-order valence-electron chi connectivity index (χ2n) is 8.62. The maximum absolute atomic E-state index is 10.7. The second-order valence-corrected chi connectivity index (χ2v) is 10.2. The van der Waals surface area contributed by atoms with Gasteiger partial charge in [-0.2, -0.15) is 15.2 Å². The molecule has 2 aromatic heterocycles. The minimum absolute atomic E-state index is 0.0373. The number of pyridine rings is 2. The van der Waals surface area contributed by atoms with Crippen LogP contribution in [0.3, 0.4) is 0 Å². The molecule has 202 valence electrons. The number of hydrogen-bond acceptors (Lipinski definition) is 9. The van der Waals surface area contributed by atoms with E-state index in [1.165, 1.54) is 6.07 Å². The maximum atomic E-state index is 10.7. The van der Waals surface area contributed by atoms with E-state index in [9.17, 15) is 20.2 Å². The van der Waals surface area contributed by atoms with Crippen molar-refractivity contribution in [2.75, 3.05) is 13.2 Å². The molecule has 0 saturated heterocycles. The molecule has 0 saturated carbocycles. The van der Waals surface area contributed by atoms with Crippen molar-refractivity contribution in [3.8, 4) is 17.8 Å². The minimum Gasteiger partial charge on any atom is -0.477 e. The second kappa shape index (κ2) is 16.2. The van der Waals surface area contributed by atoms with E-state index >= 15 is 0 Å². The number of nitriles is 1. The molecular formula is C23H28BrCl2N5O6. The van der Waals surface area contributed by atoms with Crippen LogP contribution in [0.25, 0.3) is 0 Å². The normalized spacial score (nSPS) is 10.5. The highest BCUT2D eigenvalue weighted by Crippen LogP contribution is 2.32. The zero-order chi connectivity index (χ0) is 28.1. The molecule has 0 bridgehead atoms. The molecule has 0 aromatic carbocycles. The van der Waals surface area contributed by atoms with Gasteiger partial charge in [-0.05, 0) is 53.4 Å². The lowest BCUT2D eigenvalue weighted by Gasteiger charge is -2.08. The Bertz CT molecular complexity index is 1130. The van der Waals surface area contributed by atoms with Crippen molar-refractivity contribution in [1.82, 2.24) is 9.97 Å². The van der Waals surface area contributed by atoms with E-state index in [0.29, 0.717) is 25.0 Å². The SMILES string of the molecule is CC(C)CCCOc1nc(Br)c([N+](=O)[O-])cc1Cl.CC(C)CCCOc1nc(C#N)c([N+](=O)[O-])cc1Cl. The smallest absolute Gasteiger partial charge is 0.307 e. The summed E-state index contributed by atoms with van der Waals surface area (Å²) >= 11 is 14.7. The van der Waals surface area contributed by atoms with Crippen LogP contribution in [0.1, 0.15) is 59.1 Å². The lowest BCUT2D eigenvalue weighted by molar-refractivity contribution is -0.386. The van der Waals surface area contributed by atoms with Crippen LogP contribution >= 0.6 is 39.1 Å². The fourth-order valence-corrected chi connectivity index (χ4v) is 3.60. The molecule has 0 fully saturated rings. The van der Waals surface area contributed by atoms with Gasteiger partial charge in [0.05, 0.1) is 23.1 Å². The van der Waals surface area contributed by atoms with E-state index in [2.05, 4.69) is 53.6 Å². The number of nitrogens with zero attached hydrogens (tertiary/aromatic N) is 5. The number of aromatic nitrogens is 2. The molecular weight excluding hydrogens is 593 g/mol. The maximum Gasteiger partial charge on any atom is 0.307 e. The number of ether oxygens (including phenoxy) is 2. The third kappa shape index (κ3) is 11.5. The van der Waals surface area contributed by atoms with Gasteiger partial charge in [0.2, 0.25) is 17.5 Å². The van der Waals surface area contributed by atoms with Gasteiger partial charge in [0.1, 0.15) is 16.1 Å². The van der Waals surface area contributed by atoms with Gasteiger partial charge in [-0.1, -0.05) is 50.9 Å². The summed E-state index contributed by atoms with van der Waals surface area (Å²) in [5.74, 6) is 1.46. The molecule has 11 nitrogen and oxygen atoms in total. The molecule has 0 N–H and O–H groups in total. The highest BCUT2D eigenvalue weighted by atomic mass is 79.9. The summed E-state index contributed by atoms with van der Waals surface area (Å²) in [5, 5.41) is 30.3. The predicted octanol–water partition coefficient (Wildman–Crippen LogP) is 7.55. The molecule has 0 aliphatic rings. The van der Waals surface area contributed by atoms with Crippen LogP contribution < -0.4 is 9.47 Å². The minimum atomic E-state index is -0.694. The summed E-state index contributed by atoms with van der Waals surface area (Å²) in [6.45, 7) is 9.37. The Morgan fingerprint density at radius 1 is 0.919 bits per heavy atom. The van der Waals surface area contributed by atoms with Crippen LogP contribution in [0.4, 0.5) is 11.4 Å². The lowest BCUT2D eigenvalue weighted by Crippen LogP contribution is -2.04. The van der Waals surface area contributed by atoms with Gasteiger partial charge in [-0.3, -0.25) is 20.2 Å². The average Bonchev–Trinajstić information content (AvgIpc) is 2.81.